The smallest absolute Gasteiger partial charge is 0.259 e. The number of hydrogen-bond donors (Lipinski definition) is 0. The van der Waals surface area contributed by atoms with Crippen molar-refractivity contribution < 1.29 is 4.74 Å². The van der Waals surface area contributed by atoms with E-state index in [-0.39, 0.29) is 5.56 Å². The van der Waals surface area contributed by atoms with Gasteiger partial charge in [-0.15, -0.1) is 0 Å². The molecule has 0 saturated carbocycles. The predicted octanol–water partition coefficient (Wildman–Crippen LogP) is 5.51. The minimum atomic E-state index is 0.0296. The molecule has 3 aromatic carbocycles. The summed E-state index contributed by atoms with van der Waals surface area (Å²) >= 11 is 0. The zero-order chi connectivity index (χ0) is 22.8. The highest BCUT2D eigenvalue weighted by molar-refractivity contribution is 6.02. The first kappa shape index (κ1) is 21.7. The molecule has 164 valence electrons. The molecular formula is C28H30N2O2. The lowest BCUT2D eigenvalue weighted by atomic mass is 9.95. The number of rotatable bonds is 6. The van der Waals surface area contributed by atoms with E-state index in [0.717, 1.165) is 57.6 Å². The van der Waals surface area contributed by atoms with Crippen LogP contribution in [0.2, 0.25) is 0 Å². The van der Waals surface area contributed by atoms with Crippen LogP contribution in [0.1, 0.15) is 16.7 Å². The molecule has 0 aliphatic heterocycles. The number of fused-ring (bicyclic) bond motifs is 1. The number of hydrogen-bond acceptors (Lipinski definition) is 3. The van der Waals surface area contributed by atoms with Crippen molar-refractivity contribution in [3.05, 3.63) is 93.8 Å². The molecule has 4 aromatic rings. The average Bonchev–Trinajstić information content (AvgIpc) is 2.81. The summed E-state index contributed by atoms with van der Waals surface area (Å²) in [5, 5.41) is 1.76. The lowest BCUT2D eigenvalue weighted by Gasteiger charge is -2.27. The number of pyridine rings is 1. The van der Waals surface area contributed by atoms with E-state index in [1.54, 1.807) is 11.7 Å². The van der Waals surface area contributed by atoms with E-state index < -0.39 is 0 Å². The fourth-order valence-corrected chi connectivity index (χ4v) is 4.40. The number of aryl methyl sites for hydroxylation is 2. The Morgan fingerprint density at radius 3 is 2.22 bits per heavy atom. The van der Waals surface area contributed by atoms with E-state index in [2.05, 4.69) is 50.1 Å². The van der Waals surface area contributed by atoms with Crippen LogP contribution in [-0.2, 0) is 13.5 Å². The standard InChI is InChI=1S/C28H30N2O2/c1-19-17-23-24(18-20(19)2)28(31)30(4)27(26(23)22-12-7-6-8-13-22)29(3)16-15-21-11-9-10-14-25(21)32-5/h6-14,17-18H,15-16H2,1-5H3. The molecule has 0 unspecified atom stereocenters. The van der Waals surface area contributed by atoms with Gasteiger partial charge in [0.2, 0.25) is 0 Å². The van der Waals surface area contributed by atoms with Crippen molar-refractivity contribution in [3.8, 4) is 16.9 Å². The van der Waals surface area contributed by atoms with E-state index in [1.807, 2.05) is 49.5 Å². The largest absolute Gasteiger partial charge is 0.496 e. The Kier molecular flexibility index (Phi) is 6.04. The molecule has 1 heterocycles. The number of anilines is 1. The zero-order valence-electron chi connectivity index (χ0n) is 19.5. The molecule has 32 heavy (non-hydrogen) atoms. The van der Waals surface area contributed by atoms with Crippen LogP contribution in [0.3, 0.4) is 0 Å². The van der Waals surface area contributed by atoms with Crippen LogP contribution < -0.4 is 15.2 Å². The monoisotopic (exact) mass is 426 g/mol. The van der Waals surface area contributed by atoms with Crippen molar-refractivity contribution in [2.24, 2.45) is 7.05 Å². The fraction of sp³-hybridized carbons (Fsp3) is 0.250. The summed E-state index contributed by atoms with van der Waals surface area (Å²) in [6.07, 6.45) is 0.813. The van der Waals surface area contributed by atoms with E-state index >= 15 is 0 Å². The summed E-state index contributed by atoms with van der Waals surface area (Å²) in [5.41, 5.74) is 5.70. The van der Waals surface area contributed by atoms with Crippen LogP contribution in [0.5, 0.6) is 5.75 Å². The van der Waals surface area contributed by atoms with Gasteiger partial charge in [-0.05, 0) is 60.0 Å². The lowest BCUT2D eigenvalue weighted by Crippen LogP contribution is -2.30. The van der Waals surface area contributed by atoms with Crippen LogP contribution in [-0.4, -0.2) is 25.3 Å². The first-order chi connectivity index (χ1) is 15.4. The molecule has 0 aliphatic rings. The van der Waals surface area contributed by atoms with Crippen molar-refractivity contribution in [1.82, 2.24) is 4.57 Å². The fourth-order valence-electron chi connectivity index (χ4n) is 4.40. The molecular weight excluding hydrogens is 396 g/mol. The zero-order valence-corrected chi connectivity index (χ0v) is 19.5. The molecule has 0 fully saturated rings. The lowest BCUT2D eigenvalue weighted by molar-refractivity contribution is 0.409. The number of ether oxygens (including phenoxy) is 1. The molecule has 1 aromatic heterocycles. The van der Waals surface area contributed by atoms with E-state index in [1.165, 1.54) is 5.56 Å². The Hall–Kier alpha value is -3.53. The average molecular weight is 427 g/mol. The molecule has 0 atom stereocenters. The number of para-hydroxylation sites is 1. The van der Waals surface area contributed by atoms with Crippen molar-refractivity contribution >= 4 is 16.6 Å². The van der Waals surface area contributed by atoms with Crippen LogP contribution in [0.25, 0.3) is 21.9 Å². The van der Waals surface area contributed by atoms with Crippen LogP contribution >= 0.6 is 0 Å². The Balaban J connectivity index is 1.89. The molecule has 0 spiro atoms. The molecule has 4 nitrogen and oxygen atoms in total. The number of nitrogens with zero attached hydrogens (tertiary/aromatic N) is 2. The van der Waals surface area contributed by atoms with Gasteiger partial charge in [0.1, 0.15) is 11.6 Å². The topological polar surface area (TPSA) is 34.5 Å². The van der Waals surface area contributed by atoms with Crippen LogP contribution in [0, 0.1) is 13.8 Å². The van der Waals surface area contributed by atoms with Gasteiger partial charge in [-0.1, -0.05) is 54.6 Å². The highest BCUT2D eigenvalue weighted by Gasteiger charge is 2.20. The molecule has 0 saturated heterocycles. The van der Waals surface area contributed by atoms with Gasteiger partial charge in [-0.25, -0.2) is 0 Å². The minimum Gasteiger partial charge on any atom is -0.496 e. The van der Waals surface area contributed by atoms with Gasteiger partial charge >= 0.3 is 0 Å². The molecule has 0 radical (unpaired) electrons. The highest BCUT2D eigenvalue weighted by atomic mass is 16.5. The Bertz CT molecular complexity index is 1320. The molecule has 0 amide bonds. The van der Waals surface area contributed by atoms with E-state index in [4.69, 9.17) is 4.74 Å². The summed E-state index contributed by atoms with van der Waals surface area (Å²) in [6, 6.07) is 22.6. The van der Waals surface area contributed by atoms with E-state index in [0.29, 0.717) is 0 Å². The summed E-state index contributed by atoms with van der Waals surface area (Å²) in [6.45, 7) is 4.92. The third-order valence-electron chi connectivity index (χ3n) is 6.31. The third-order valence-corrected chi connectivity index (χ3v) is 6.31. The van der Waals surface area contributed by atoms with Gasteiger partial charge in [0.15, 0.2) is 0 Å². The van der Waals surface area contributed by atoms with Gasteiger partial charge in [-0.2, -0.15) is 0 Å². The Morgan fingerprint density at radius 1 is 0.906 bits per heavy atom. The highest BCUT2D eigenvalue weighted by Crippen LogP contribution is 2.36. The van der Waals surface area contributed by atoms with Gasteiger partial charge in [0.05, 0.1) is 7.11 Å². The summed E-state index contributed by atoms with van der Waals surface area (Å²) < 4.78 is 7.32. The number of benzene rings is 3. The number of methoxy groups -OCH3 is 1. The second kappa shape index (κ2) is 8.91. The predicted molar refractivity (Wildman–Crippen MR) is 134 cm³/mol. The van der Waals surface area contributed by atoms with Gasteiger partial charge in [0.25, 0.3) is 5.56 Å². The maximum Gasteiger partial charge on any atom is 0.259 e. The van der Waals surface area contributed by atoms with Crippen molar-refractivity contribution in [2.45, 2.75) is 20.3 Å². The molecule has 0 aliphatic carbocycles. The van der Waals surface area contributed by atoms with Crippen molar-refractivity contribution in [1.29, 1.82) is 0 Å². The van der Waals surface area contributed by atoms with Crippen molar-refractivity contribution in [2.75, 3.05) is 25.6 Å². The first-order valence-electron chi connectivity index (χ1n) is 10.9. The summed E-state index contributed by atoms with van der Waals surface area (Å²) in [7, 11) is 5.63. The molecule has 4 rings (SSSR count). The molecule has 4 heteroatoms. The van der Waals surface area contributed by atoms with Gasteiger partial charge in [-0.3, -0.25) is 9.36 Å². The number of likely N-dealkylation sites (N-methyl/N-ethyl adjacent to an activating group) is 1. The van der Waals surface area contributed by atoms with Crippen LogP contribution in [0.4, 0.5) is 5.82 Å². The van der Waals surface area contributed by atoms with Crippen LogP contribution in [0.15, 0.2) is 71.5 Å². The minimum absolute atomic E-state index is 0.0296. The van der Waals surface area contributed by atoms with Gasteiger partial charge in [0, 0.05) is 31.6 Å². The molecule has 0 N–H and O–H groups in total. The second-order valence-electron chi connectivity index (χ2n) is 8.39. The number of aromatic nitrogens is 1. The Labute approximate surface area is 189 Å². The van der Waals surface area contributed by atoms with Crippen molar-refractivity contribution in [3.63, 3.8) is 0 Å². The van der Waals surface area contributed by atoms with Gasteiger partial charge < -0.3 is 9.64 Å². The second-order valence-corrected chi connectivity index (χ2v) is 8.39. The summed E-state index contributed by atoms with van der Waals surface area (Å²) in [4.78, 5) is 15.6. The summed E-state index contributed by atoms with van der Waals surface area (Å²) in [5.74, 6) is 1.81. The first-order valence-corrected chi connectivity index (χ1v) is 10.9. The normalized spacial score (nSPS) is 11.0. The Morgan fingerprint density at radius 2 is 1.53 bits per heavy atom. The van der Waals surface area contributed by atoms with E-state index in [9.17, 15) is 4.79 Å². The SMILES string of the molecule is COc1ccccc1CCN(C)c1c(-c2ccccc2)c2cc(C)c(C)cc2c(=O)n1C. The third kappa shape index (κ3) is 3.89. The molecule has 0 bridgehead atoms. The quantitative estimate of drug-likeness (QED) is 0.408. The maximum absolute atomic E-state index is 13.4. The maximum atomic E-state index is 13.4.